The van der Waals surface area contributed by atoms with E-state index in [1.807, 2.05) is 0 Å². The highest BCUT2D eigenvalue weighted by molar-refractivity contribution is 5.78. The first-order valence-corrected chi connectivity index (χ1v) is 6.71. The summed E-state index contributed by atoms with van der Waals surface area (Å²) in [4.78, 5) is 0. The molecule has 0 saturated carbocycles. The van der Waals surface area contributed by atoms with Gasteiger partial charge in [0.1, 0.15) is 0 Å². The van der Waals surface area contributed by atoms with Gasteiger partial charge in [-0.05, 0) is 35.1 Å². The number of fused-ring (bicyclic) bond motifs is 3. The highest BCUT2D eigenvalue weighted by Crippen LogP contribution is 2.46. The van der Waals surface area contributed by atoms with Gasteiger partial charge in [-0.2, -0.15) is 0 Å². The number of rotatable bonds is 4. The summed E-state index contributed by atoms with van der Waals surface area (Å²) in [6.45, 7) is 0.302. The van der Waals surface area contributed by atoms with Gasteiger partial charge in [-0.15, -0.1) is 0 Å². The monoisotopic (exact) mass is 238 g/mol. The Hall–Kier alpha value is -1.60. The molecule has 0 amide bonds. The minimum absolute atomic E-state index is 0.302. The predicted molar refractivity (Wildman–Crippen MR) is 74.7 cm³/mol. The van der Waals surface area contributed by atoms with Gasteiger partial charge in [-0.1, -0.05) is 55.0 Å². The zero-order valence-corrected chi connectivity index (χ0v) is 10.5. The summed E-state index contributed by atoms with van der Waals surface area (Å²) < 4.78 is 0. The molecule has 0 radical (unpaired) electrons. The maximum Gasteiger partial charge on any atom is 0.0431 e. The van der Waals surface area contributed by atoms with Crippen LogP contribution in [0.4, 0.5) is 0 Å². The number of hydrogen-bond donors (Lipinski definition) is 1. The van der Waals surface area contributed by atoms with Crippen LogP contribution in [0.2, 0.25) is 0 Å². The van der Waals surface area contributed by atoms with Crippen molar-refractivity contribution in [1.29, 1.82) is 0 Å². The molecule has 0 fully saturated rings. The smallest absolute Gasteiger partial charge is 0.0431 e. The largest absolute Gasteiger partial charge is 0.396 e. The van der Waals surface area contributed by atoms with E-state index in [2.05, 4.69) is 48.5 Å². The van der Waals surface area contributed by atoms with E-state index in [0.717, 1.165) is 19.3 Å². The molecule has 0 heterocycles. The van der Waals surface area contributed by atoms with Crippen LogP contribution in [0.5, 0.6) is 0 Å². The van der Waals surface area contributed by atoms with Crippen molar-refractivity contribution in [2.24, 2.45) is 0 Å². The number of aliphatic hydroxyl groups is 1. The molecule has 1 nitrogen and oxygen atoms in total. The first-order chi connectivity index (χ1) is 8.92. The third kappa shape index (κ3) is 1.85. The van der Waals surface area contributed by atoms with Gasteiger partial charge in [-0.25, -0.2) is 0 Å². The molecule has 0 spiro atoms. The number of aliphatic hydroxyl groups excluding tert-OH is 1. The lowest BCUT2D eigenvalue weighted by Crippen LogP contribution is -1.97. The number of benzene rings is 2. The quantitative estimate of drug-likeness (QED) is 0.799. The molecule has 92 valence electrons. The summed E-state index contributed by atoms with van der Waals surface area (Å²) >= 11 is 0. The van der Waals surface area contributed by atoms with E-state index in [9.17, 15) is 0 Å². The van der Waals surface area contributed by atoms with Gasteiger partial charge in [-0.3, -0.25) is 0 Å². The van der Waals surface area contributed by atoms with E-state index in [1.54, 1.807) is 0 Å². The van der Waals surface area contributed by atoms with Crippen molar-refractivity contribution in [2.45, 2.75) is 25.2 Å². The Kier molecular flexibility index (Phi) is 3.16. The molecule has 0 bridgehead atoms. The van der Waals surface area contributed by atoms with Crippen molar-refractivity contribution in [2.75, 3.05) is 6.61 Å². The van der Waals surface area contributed by atoms with Gasteiger partial charge in [0, 0.05) is 12.5 Å². The van der Waals surface area contributed by atoms with Gasteiger partial charge in [0.05, 0.1) is 0 Å². The molecular formula is C17H18O. The topological polar surface area (TPSA) is 20.2 Å². The summed E-state index contributed by atoms with van der Waals surface area (Å²) in [5.41, 5.74) is 5.69. The summed E-state index contributed by atoms with van der Waals surface area (Å²) in [5, 5.41) is 8.93. The molecule has 0 atom stereocenters. The lowest BCUT2D eigenvalue weighted by molar-refractivity contribution is 0.282. The van der Waals surface area contributed by atoms with E-state index in [-0.39, 0.29) is 0 Å². The minimum atomic E-state index is 0.302. The Morgan fingerprint density at radius 2 is 1.33 bits per heavy atom. The molecule has 0 aliphatic heterocycles. The molecule has 0 aromatic heterocycles. The van der Waals surface area contributed by atoms with Crippen LogP contribution in [0.15, 0.2) is 48.5 Å². The third-order valence-corrected chi connectivity index (χ3v) is 3.86. The van der Waals surface area contributed by atoms with Crippen LogP contribution in [0.25, 0.3) is 11.1 Å². The maximum absolute atomic E-state index is 8.93. The van der Waals surface area contributed by atoms with Gasteiger partial charge < -0.3 is 5.11 Å². The molecule has 1 heteroatoms. The first kappa shape index (κ1) is 11.5. The third-order valence-electron chi connectivity index (χ3n) is 3.86. The van der Waals surface area contributed by atoms with Gasteiger partial charge in [0.25, 0.3) is 0 Å². The van der Waals surface area contributed by atoms with Crippen LogP contribution in [0.1, 0.15) is 36.3 Å². The Balaban J connectivity index is 1.98. The highest BCUT2D eigenvalue weighted by Gasteiger charge is 2.26. The second kappa shape index (κ2) is 4.95. The van der Waals surface area contributed by atoms with Crippen molar-refractivity contribution in [3.63, 3.8) is 0 Å². The van der Waals surface area contributed by atoms with Gasteiger partial charge >= 0.3 is 0 Å². The normalized spacial score (nSPS) is 13.4. The van der Waals surface area contributed by atoms with E-state index < -0.39 is 0 Å². The summed E-state index contributed by atoms with van der Waals surface area (Å²) in [6.07, 6.45) is 3.12. The molecule has 0 unspecified atom stereocenters. The Labute approximate surface area is 108 Å². The fraction of sp³-hybridized carbons (Fsp3) is 0.294. The second-order valence-electron chi connectivity index (χ2n) is 4.95. The second-order valence-corrected chi connectivity index (χ2v) is 4.95. The van der Waals surface area contributed by atoms with Gasteiger partial charge in [0.15, 0.2) is 0 Å². The zero-order valence-electron chi connectivity index (χ0n) is 10.5. The van der Waals surface area contributed by atoms with Crippen LogP contribution in [-0.2, 0) is 0 Å². The molecule has 0 saturated heterocycles. The van der Waals surface area contributed by atoms with E-state index in [4.69, 9.17) is 5.11 Å². The van der Waals surface area contributed by atoms with Crippen LogP contribution in [0, 0.1) is 0 Å². The Bertz CT molecular complexity index is 499. The fourth-order valence-electron chi connectivity index (χ4n) is 3.03. The summed E-state index contributed by atoms with van der Waals surface area (Å²) in [7, 11) is 0. The molecule has 1 aliphatic rings. The summed E-state index contributed by atoms with van der Waals surface area (Å²) in [5.74, 6) is 0.518. The van der Waals surface area contributed by atoms with Crippen LogP contribution >= 0.6 is 0 Å². The summed E-state index contributed by atoms with van der Waals surface area (Å²) in [6, 6.07) is 17.4. The van der Waals surface area contributed by atoms with E-state index >= 15 is 0 Å². The van der Waals surface area contributed by atoms with Crippen LogP contribution in [-0.4, -0.2) is 11.7 Å². The highest BCUT2D eigenvalue weighted by atomic mass is 16.2. The van der Waals surface area contributed by atoms with Crippen molar-refractivity contribution >= 4 is 0 Å². The van der Waals surface area contributed by atoms with Crippen molar-refractivity contribution < 1.29 is 5.11 Å². The average Bonchev–Trinajstić information content (AvgIpc) is 2.74. The Morgan fingerprint density at radius 1 is 0.778 bits per heavy atom. The van der Waals surface area contributed by atoms with Crippen molar-refractivity contribution in [3.05, 3.63) is 59.7 Å². The molecule has 2 aromatic rings. The lowest BCUT2D eigenvalue weighted by Gasteiger charge is -2.12. The zero-order chi connectivity index (χ0) is 12.4. The van der Waals surface area contributed by atoms with Crippen LogP contribution < -0.4 is 0 Å². The fourth-order valence-corrected chi connectivity index (χ4v) is 3.03. The SMILES string of the molecule is OCCCCC1c2ccccc2-c2ccccc21. The predicted octanol–water partition coefficient (Wildman–Crippen LogP) is 3.96. The number of hydrogen-bond acceptors (Lipinski definition) is 1. The molecule has 3 rings (SSSR count). The molecule has 18 heavy (non-hydrogen) atoms. The van der Waals surface area contributed by atoms with Crippen molar-refractivity contribution in [3.8, 4) is 11.1 Å². The maximum atomic E-state index is 8.93. The molecule has 1 N–H and O–H groups in total. The van der Waals surface area contributed by atoms with Gasteiger partial charge in [0.2, 0.25) is 0 Å². The molecule has 1 aliphatic carbocycles. The van der Waals surface area contributed by atoms with E-state index in [0.29, 0.717) is 12.5 Å². The average molecular weight is 238 g/mol. The first-order valence-electron chi connectivity index (χ1n) is 6.71. The standard InChI is InChI=1S/C17H18O/c18-12-6-5-11-17-15-9-3-1-7-13(15)14-8-2-4-10-16(14)17/h1-4,7-10,17-18H,5-6,11-12H2. The number of unbranched alkanes of at least 4 members (excludes halogenated alkanes) is 1. The molecule has 2 aromatic carbocycles. The van der Waals surface area contributed by atoms with Crippen LogP contribution in [0.3, 0.4) is 0 Å². The van der Waals surface area contributed by atoms with E-state index in [1.165, 1.54) is 22.3 Å². The van der Waals surface area contributed by atoms with Crippen molar-refractivity contribution in [1.82, 2.24) is 0 Å². The minimum Gasteiger partial charge on any atom is -0.396 e. The Morgan fingerprint density at radius 3 is 1.89 bits per heavy atom. The molecular weight excluding hydrogens is 220 g/mol. The lowest BCUT2D eigenvalue weighted by atomic mass is 9.92.